The molecule has 19 heavy (non-hydrogen) atoms. The second kappa shape index (κ2) is 4.54. The summed E-state index contributed by atoms with van der Waals surface area (Å²) in [5.41, 5.74) is 2.61. The van der Waals surface area contributed by atoms with Crippen LogP contribution < -0.4 is 5.48 Å². The van der Waals surface area contributed by atoms with Gasteiger partial charge in [-0.05, 0) is 18.9 Å². The summed E-state index contributed by atoms with van der Waals surface area (Å²) in [6, 6.07) is 3.71. The van der Waals surface area contributed by atoms with Crippen molar-refractivity contribution in [3.8, 4) is 0 Å². The van der Waals surface area contributed by atoms with Crippen molar-refractivity contribution in [2.75, 3.05) is 6.61 Å². The molecule has 1 aliphatic heterocycles. The van der Waals surface area contributed by atoms with E-state index in [2.05, 4.69) is 5.48 Å². The van der Waals surface area contributed by atoms with Crippen molar-refractivity contribution >= 4 is 5.69 Å². The van der Waals surface area contributed by atoms with Crippen LogP contribution in [0.1, 0.15) is 31.2 Å². The molecule has 0 spiro atoms. The third-order valence-corrected chi connectivity index (χ3v) is 4.25. The summed E-state index contributed by atoms with van der Waals surface area (Å²) in [4.78, 5) is 15.7. The van der Waals surface area contributed by atoms with E-state index in [4.69, 9.17) is 4.84 Å². The van der Waals surface area contributed by atoms with Crippen LogP contribution in [-0.4, -0.2) is 11.5 Å². The van der Waals surface area contributed by atoms with Gasteiger partial charge in [-0.15, -0.1) is 0 Å². The third kappa shape index (κ3) is 1.91. The van der Waals surface area contributed by atoms with Crippen LogP contribution in [0.5, 0.6) is 0 Å². The molecule has 5 nitrogen and oxygen atoms in total. The zero-order chi connectivity index (χ0) is 13.5. The Bertz CT molecular complexity index is 523. The van der Waals surface area contributed by atoms with Gasteiger partial charge in [-0.25, -0.2) is 4.39 Å². The highest BCUT2D eigenvalue weighted by molar-refractivity contribution is 5.40. The molecule has 102 valence electrons. The first-order chi connectivity index (χ1) is 9.13. The average Bonchev–Trinajstić information content (AvgIpc) is 2.83. The number of nitro benzene ring substituents is 1. The first kappa shape index (κ1) is 12.5. The standard InChI is InChI=1S/C13H15FN2O3/c14-12-5-4-10(16(17)18)7-11(12)13-6-2-1-3-9(13)8-19-15-13/h4-5,7,9,15H,1-3,6,8H2. The fourth-order valence-electron chi connectivity index (χ4n) is 3.25. The molecule has 3 rings (SSSR count). The van der Waals surface area contributed by atoms with Gasteiger partial charge in [-0.2, -0.15) is 5.48 Å². The van der Waals surface area contributed by atoms with Crippen molar-refractivity contribution in [3.05, 3.63) is 39.7 Å². The number of nitrogens with zero attached hydrogens (tertiary/aromatic N) is 1. The number of nitro groups is 1. The van der Waals surface area contributed by atoms with Gasteiger partial charge in [0.2, 0.25) is 0 Å². The topological polar surface area (TPSA) is 64.4 Å². The Hall–Kier alpha value is -1.53. The number of non-ortho nitro benzene ring substituents is 1. The lowest BCUT2D eigenvalue weighted by atomic mass is 9.70. The summed E-state index contributed by atoms with van der Waals surface area (Å²) in [7, 11) is 0. The van der Waals surface area contributed by atoms with Gasteiger partial charge < -0.3 is 4.84 Å². The molecule has 2 fully saturated rings. The first-order valence-electron chi connectivity index (χ1n) is 6.47. The predicted octanol–water partition coefficient (Wildman–Crippen LogP) is 2.65. The van der Waals surface area contributed by atoms with E-state index in [1.165, 1.54) is 18.2 Å². The Labute approximate surface area is 109 Å². The number of hydrogen-bond donors (Lipinski definition) is 1. The number of rotatable bonds is 2. The number of hydrogen-bond acceptors (Lipinski definition) is 4. The normalized spacial score (nSPS) is 30.1. The lowest BCUT2D eigenvalue weighted by Gasteiger charge is -2.37. The molecule has 1 heterocycles. The quantitative estimate of drug-likeness (QED) is 0.660. The van der Waals surface area contributed by atoms with Gasteiger partial charge in [0.15, 0.2) is 0 Å². The molecular weight excluding hydrogens is 251 g/mol. The summed E-state index contributed by atoms with van der Waals surface area (Å²) in [5, 5.41) is 10.9. The van der Waals surface area contributed by atoms with Gasteiger partial charge >= 0.3 is 0 Å². The number of hydroxylamine groups is 1. The van der Waals surface area contributed by atoms with Crippen molar-refractivity contribution in [3.63, 3.8) is 0 Å². The lowest BCUT2D eigenvalue weighted by Crippen LogP contribution is -2.44. The van der Waals surface area contributed by atoms with Crippen LogP contribution in [0.25, 0.3) is 0 Å². The molecule has 1 aliphatic carbocycles. The van der Waals surface area contributed by atoms with Crippen molar-refractivity contribution in [1.82, 2.24) is 5.48 Å². The van der Waals surface area contributed by atoms with E-state index in [1.807, 2.05) is 0 Å². The van der Waals surface area contributed by atoms with Gasteiger partial charge in [-0.1, -0.05) is 12.8 Å². The van der Waals surface area contributed by atoms with Gasteiger partial charge in [0.25, 0.3) is 5.69 Å². The maximum absolute atomic E-state index is 14.1. The molecule has 2 unspecified atom stereocenters. The summed E-state index contributed by atoms with van der Waals surface area (Å²) in [6.45, 7) is 0.530. The molecule has 2 atom stereocenters. The molecule has 1 aromatic rings. The molecular formula is C13H15FN2O3. The van der Waals surface area contributed by atoms with Crippen LogP contribution in [0.4, 0.5) is 10.1 Å². The van der Waals surface area contributed by atoms with Crippen LogP contribution in [0.3, 0.4) is 0 Å². The van der Waals surface area contributed by atoms with Gasteiger partial charge in [0.1, 0.15) is 5.82 Å². The molecule has 0 radical (unpaired) electrons. The maximum atomic E-state index is 14.1. The second-order valence-corrected chi connectivity index (χ2v) is 5.25. The van der Waals surface area contributed by atoms with E-state index in [0.717, 1.165) is 25.7 Å². The third-order valence-electron chi connectivity index (χ3n) is 4.25. The van der Waals surface area contributed by atoms with Gasteiger partial charge in [0, 0.05) is 23.6 Å². The first-order valence-corrected chi connectivity index (χ1v) is 6.47. The number of halogens is 1. The predicted molar refractivity (Wildman–Crippen MR) is 65.8 cm³/mol. The summed E-state index contributed by atoms with van der Waals surface area (Å²) >= 11 is 0. The zero-order valence-electron chi connectivity index (χ0n) is 10.4. The van der Waals surface area contributed by atoms with E-state index in [9.17, 15) is 14.5 Å². The highest BCUT2D eigenvalue weighted by Gasteiger charge is 2.48. The molecule has 0 bridgehead atoms. The number of nitrogens with one attached hydrogen (secondary N) is 1. The van der Waals surface area contributed by atoms with E-state index < -0.39 is 16.3 Å². The fourth-order valence-corrected chi connectivity index (χ4v) is 3.25. The Morgan fingerprint density at radius 1 is 1.47 bits per heavy atom. The highest BCUT2D eigenvalue weighted by atomic mass is 19.1. The molecule has 1 aromatic carbocycles. The average molecular weight is 266 g/mol. The van der Waals surface area contributed by atoms with E-state index in [1.54, 1.807) is 0 Å². The van der Waals surface area contributed by atoms with Crippen LogP contribution in [-0.2, 0) is 10.4 Å². The van der Waals surface area contributed by atoms with E-state index in [0.29, 0.717) is 12.2 Å². The van der Waals surface area contributed by atoms with Gasteiger partial charge in [0.05, 0.1) is 17.1 Å². The van der Waals surface area contributed by atoms with E-state index in [-0.39, 0.29) is 11.6 Å². The minimum Gasteiger partial charge on any atom is -0.301 e. The minimum atomic E-state index is -0.603. The largest absolute Gasteiger partial charge is 0.301 e. The molecule has 1 saturated carbocycles. The van der Waals surface area contributed by atoms with Crippen molar-refractivity contribution in [1.29, 1.82) is 0 Å². The van der Waals surface area contributed by atoms with Crippen LogP contribution in [0.15, 0.2) is 18.2 Å². The molecule has 1 saturated heterocycles. The maximum Gasteiger partial charge on any atom is 0.269 e. The smallest absolute Gasteiger partial charge is 0.269 e. The molecule has 6 heteroatoms. The van der Waals surface area contributed by atoms with Crippen molar-refractivity contribution in [2.24, 2.45) is 5.92 Å². The second-order valence-electron chi connectivity index (χ2n) is 5.25. The van der Waals surface area contributed by atoms with Crippen molar-refractivity contribution < 1.29 is 14.2 Å². The van der Waals surface area contributed by atoms with E-state index >= 15 is 0 Å². The minimum absolute atomic E-state index is 0.0798. The Morgan fingerprint density at radius 3 is 3.11 bits per heavy atom. The summed E-state index contributed by atoms with van der Waals surface area (Å²) < 4.78 is 14.1. The molecule has 2 aliphatic rings. The Balaban J connectivity index is 2.09. The SMILES string of the molecule is O=[N+]([O-])c1ccc(F)c(C23CCCCC2CON3)c1. The molecule has 0 aromatic heterocycles. The van der Waals surface area contributed by atoms with Crippen LogP contribution >= 0.6 is 0 Å². The number of benzene rings is 1. The number of fused-ring (bicyclic) bond motifs is 1. The Morgan fingerprint density at radius 2 is 2.32 bits per heavy atom. The van der Waals surface area contributed by atoms with Gasteiger partial charge in [-0.3, -0.25) is 10.1 Å². The zero-order valence-corrected chi connectivity index (χ0v) is 10.4. The molecule has 1 N–H and O–H groups in total. The highest BCUT2D eigenvalue weighted by Crippen LogP contribution is 2.46. The fraction of sp³-hybridized carbons (Fsp3) is 0.538. The summed E-state index contributed by atoms with van der Waals surface area (Å²) in [5.74, 6) is -0.228. The molecule has 0 amide bonds. The van der Waals surface area contributed by atoms with Crippen molar-refractivity contribution in [2.45, 2.75) is 31.2 Å². The van der Waals surface area contributed by atoms with Crippen LogP contribution in [0.2, 0.25) is 0 Å². The monoisotopic (exact) mass is 266 g/mol. The lowest BCUT2D eigenvalue weighted by molar-refractivity contribution is -0.385. The summed E-state index contributed by atoms with van der Waals surface area (Å²) in [6.07, 6.45) is 3.76. The Kier molecular flexibility index (Phi) is 2.99. The van der Waals surface area contributed by atoms with Crippen LogP contribution in [0, 0.1) is 21.8 Å².